The Morgan fingerprint density at radius 2 is 1.91 bits per heavy atom. The van der Waals surface area contributed by atoms with E-state index < -0.39 is 17.8 Å². The van der Waals surface area contributed by atoms with Crippen LogP contribution in [0.15, 0.2) is 42.6 Å². The fourth-order valence-corrected chi connectivity index (χ4v) is 2.07. The Bertz CT molecular complexity index is 684. The number of hydrogen-bond acceptors (Lipinski definition) is 3. The first kappa shape index (κ1) is 16.8. The first-order valence-electron chi connectivity index (χ1n) is 6.73. The number of para-hydroxylation sites is 1. The molecule has 0 aliphatic heterocycles. The lowest BCUT2D eigenvalue weighted by atomic mass is 10.1. The van der Waals surface area contributed by atoms with Crippen molar-refractivity contribution in [1.82, 2.24) is 9.88 Å². The van der Waals surface area contributed by atoms with Gasteiger partial charge in [0, 0.05) is 25.4 Å². The molecule has 0 saturated heterocycles. The van der Waals surface area contributed by atoms with E-state index in [0.29, 0.717) is 5.75 Å². The second kappa shape index (κ2) is 6.68. The number of nitrogens with zero attached hydrogens (tertiary/aromatic N) is 2. The molecular weight excluding hydrogens is 309 g/mol. The third-order valence-electron chi connectivity index (χ3n) is 3.25. The van der Waals surface area contributed by atoms with E-state index in [2.05, 4.69) is 4.98 Å². The van der Waals surface area contributed by atoms with E-state index in [1.54, 1.807) is 13.1 Å². The number of benzene rings is 1. The summed E-state index contributed by atoms with van der Waals surface area (Å²) >= 11 is 0. The van der Waals surface area contributed by atoms with Crippen molar-refractivity contribution in [1.29, 1.82) is 0 Å². The van der Waals surface area contributed by atoms with Crippen LogP contribution < -0.4 is 4.74 Å². The fraction of sp³-hybridized carbons (Fsp3) is 0.250. The quantitative estimate of drug-likeness (QED) is 0.866. The van der Waals surface area contributed by atoms with Gasteiger partial charge in [0.1, 0.15) is 11.4 Å². The molecule has 122 valence electrons. The highest BCUT2D eigenvalue weighted by molar-refractivity contribution is 5.93. The number of carbonyl (C=O) groups excluding carboxylic acids is 1. The molecule has 0 atom stereocenters. The number of rotatable bonds is 4. The molecule has 23 heavy (non-hydrogen) atoms. The van der Waals surface area contributed by atoms with Gasteiger partial charge in [0.25, 0.3) is 5.91 Å². The lowest BCUT2D eigenvalue weighted by Crippen LogP contribution is -2.26. The van der Waals surface area contributed by atoms with Crippen LogP contribution in [0, 0.1) is 0 Å². The van der Waals surface area contributed by atoms with E-state index >= 15 is 0 Å². The predicted octanol–water partition coefficient (Wildman–Crippen LogP) is 3.38. The molecule has 2 rings (SSSR count). The van der Waals surface area contributed by atoms with Gasteiger partial charge in [0.05, 0.1) is 12.7 Å². The number of aromatic nitrogens is 1. The maximum Gasteiger partial charge on any atom is 0.433 e. The molecule has 0 N–H and O–H groups in total. The average molecular weight is 324 g/mol. The molecule has 0 aliphatic rings. The van der Waals surface area contributed by atoms with Crippen LogP contribution >= 0.6 is 0 Å². The van der Waals surface area contributed by atoms with Crippen molar-refractivity contribution in [2.24, 2.45) is 0 Å². The first-order chi connectivity index (χ1) is 10.8. The highest BCUT2D eigenvalue weighted by Gasteiger charge is 2.32. The second-order valence-corrected chi connectivity index (χ2v) is 4.90. The van der Waals surface area contributed by atoms with Crippen molar-refractivity contribution >= 4 is 5.91 Å². The number of amides is 1. The molecule has 0 bridgehead atoms. The minimum Gasteiger partial charge on any atom is -0.496 e. The van der Waals surface area contributed by atoms with Gasteiger partial charge in [-0.2, -0.15) is 13.2 Å². The molecule has 4 nitrogen and oxygen atoms in total. The molecule has 1 aromatic carbocycles. The van der Waals surface area contributed by atoms with Gasteiger partial charge >= 0.3 is 6.18 Å². The van der Waals surface area contributed by atoms with Crippen LogP contribution in [0.2, 0.25) is 0 Å². The molecule has 0 fully saturated rings. The summed E-state index contributed by atoms with van der Waals surface area (Å²) in [6.45, 7) is 0.268. The molecule has 1 heterocycles. The summed E-state index contributed by atoms with van der Waals surface area (Å²) in [7, 11) is 3.09. The van der Waals surface area contributed by atoms with Gasteiger partial charge in [0.15, 0.2) is 0 Å². The second-order valence-electron chi connectivity index (χ2n) is 4.90. The Labute approximate surface area is 131 Å². The monoisotopic (exact) mass is 324 g/mol. The van der Waals surface area contributed by atoms with Crippen molar-refractivity contribution in [2.45, 2.75) is 12.7 Å². The van der Waals surface area contributed by atoms with E-state index in [-0.39, 0.29) is 12.1 Å². The zero-order chi connectivity index (χ0) is 17.0. The summed E-state index contributed by atoms with van der Waals surface area (Å²) in [4.78, 5) is 17.0. The molecule has 0 radical (unpaired) electrons. The summed E-state index contributed by atoms with van der Waals surface area (Å²) in [6, 6.07) is 9.13. The van der Waals surface area contributed by atoms with Crippen molar-refractivity contribution < 1.29 is 22.7 Å². The summed E-state index contributed by atoms with van der Waals surface area (Å²) < 4.78 is 42.6. The van der Waals surface area contributed by atoms with Crippen LogP contribution in [0.4, 0.5) is 13.2 Å². The van der Waals surface area contributed by atoms with Gasteiger partial charge in [0.2, 0.25) is 0 Å². The molecule has 0 spiro atoms. The molecule has 7 heteroatoms. The molecule has 0 saturated carbocycles. The van der Waals surface area contributed by atoms with Crippen LogP contribution in [0.3, 0.4) is 0 Å². The Morgan fingerprint density at radius 1 is 1.22 bits per heavy atom. The number of alkyl halides is 3. The number of methoxy groups -OCH3 is 1. The van der Waals surface area contributed by atoms with Crippen LogP contribution in [0.1, 0.15) is 21.6 Å². The first-order valence-corrected chi connectivity index (χ1v) is 6.73. The summed E-state index contributed by atoms with van der Waals surface area (Å²) in [5, 5.41) is 0. The maximum absolute atomic E-state index is 12.5. The Morgan fingerprint density at radius 3 is 2.48 bits per heavy atom. The lowest BCUT2D eigenvalue weighted by Gasteiger charge is -2.19. The number of halogens is 3. The smallest absolute Gasteiger partial charge is 0.433 e. The summed E-state index contributed by atoms with van der Waals surface area (Å²) in [5.41, 5.74) is -0.137. The van der Waals surface area contributed by atoms with Crippen molar-refractivity contribution in [3.05, 3.63) is 59.4 Å². The van der Waals surface area contributed by atoms with E-state index in [9.17, 15) is 18.0 Å². The van der Waals surface area contributed by atoms with Gasteiger partial charge in [-0.3, -0.25) is 9.78 Å². The van der Waals surface area contributed by atoms with Crippen LogP contribution in [0.25, 0.3) is 0 Å². The predicted molar refractivity (Wildman–Crippen MR) is 78.0 cm³/mol. The molecule has 1 aromatic heterocycles. The van der Waals surface area contributed by atoms with Gasteiger partial charge in [-0.1, -0.05) is 18.2 Å². The van der Waals surface area contributed by atoms with Crippen LogP contribution in [0.5, 0.6) is 5.75 Å². The zero-order valence-corrected chi connectivity index (χ0v) is 12.6. The van der Waals surface area contributed by atoms with E-state index in [0.717, 1.165) is 23.9 Å². The van der Waals surface area contributed by atoms with Crippen molar-refractivity contribution in [2.75, 3.05) is 14.2 Å². The largest absolute Gasteiger partial charge is 0.496 e. The highest BCUT2D eigenvalue weighted by atomic mass is 19.4. The van der Waals surface area contributed by atoms with Gasteiger partial charge in [-0.15, -0.1) is 0 Å². The number of hydrogen-bond donors (Lipinski definition) is 0. The minimum absolute atomic E-state index is 0.0930. The normalized spacial score (nSPS) is 11.2. The van der Waals surface area contributed by atoms with Crippen LogP contribution in [-0.2, 0) is 12.7 Å². The van der Waals surface area contributed by atoms with Crippen molar-refractivity contribution in [3.8, 4) is 5.75 Å². The van der Waals surface area contributed by atoms with E-state index in [1.807, 2.05) is 18.2 Å². The van der Waals surface area contributed by atoms with E-state index in [1.165, 1.54) is 12.0 Å². The van der Waals surface area contributed by atoms with Gasteiger partial charge in [-0.05, 0) is 18.2 Å². The zero-order valence-electron chi connectivity index (χ0n) is 12.6. The third-order valence-corrected chi connectivity index (χ3v) is 3.25. The Balaban J connectivity index is 2.13. The number of carbonyl (C=O) groups is 1. The lowest BCUT2D eigenvalue weighted by molar-refractivity contribution is -0.141. The molecule has 0 aliphatic carbocycles. The van der Waals surface area contributed by atoms with Gasteiger partial charge < -0.3 is 9.64 Å². The van der Waals surface area contributed by atoms with Crippen LogP contribution in [-0.4, -0.2) is 29.9 Å². The third kappa shape index (κ3) is 4.00. The topological polar surface area (TPSA) is 42.4 Å². The molecular formula is C16H15F3N2O2. The number of ether oxygens (including phenoxy) is 1. The highest BCUT2D eigenvalue weighted by Crippen LogP contribution is 2.27. The average Bonchev–Trinajstić information content (AvgIpc) is 2.54. The summed E-state index contributed by atoms with van der Waals surface area (Å²) in [6.07, 6.45) is -3.59. The fourth-order valence-electron chi connectivity index (χ4n) is 2.07. The minimum atomic E-state index is -4.52. The molecule has 2 aromatic rings. The summed E-state index contributed by atoms with van der Waals surface area (Å²) in [5.74, 6) is 0.217. The standard InChI is InChI=1S/C16H15F3N2O2/c1-21(10-12-5-3-4-6-13(12)23-2)15(22)11-7-8-14(20-9-11)16(17,18)19/h3-9H,10H2,1-2H3. The van der Waals surface area contributed by atoms with Crippen molar-refractivity contribution in [3.63, 3.8) is 0 Å². The maximum atomic E-state index is 12.5. The number of pyridine rings is 1. The molecule has 1 amide bonds. The van der Waals surface area contributed by atoms with Gasteiger partial charge in [-0.25, -0.2) is 0 Å². The van der Waals surface area contributed by atoms with E-state index in [4.69, 9.17) is 4.74 Å². The molecule has 0 unspecified atom stereocenters. The Hall–Kier alpha value is -2.57. The SMILES string of the molecule is COc1ccccc1CN(C)C(=O)c1ccc(C(F)(F)F)nc1. The Kier molecular flexibility index (Phi) is 4.88.